The number of hydrogen-bond donors (Lipinski definition) is 1. The summed E-state index contributed by atoms with van der Waals surface area (Å²) in [4.78, 5) is 36.7. The van der Waals surface area contributed by atoms with Gasteiger partial charge < -0.3 is 5.11 Å². The molecule has 0 aliphatic rings. The first kappa shape index (κ1) is 19.2. The average molecular weight is 364 g/mol. The van der Waals surface area contributed by atoms with Gasteiger partial charge in [0.05, 0.1) is 5.39 Å². The van der Waals surface area contributed by atoms with E-state index in [0.29, 0.717) is 22.7 Å². The molecule has 0 saturated heterocycles. The molecule has 0 saturated carbocycles. The van der Waals surface area contributed by atoms with Crippen LogP contribution >= 0.6 is 11.3 Å². The van der Waals surface area contributed by atoms with Crippen LogP contribution in [0.25, 0.3) is 10.2 Å². The third-order valence-corrected chi connectivity index (χ3v) is 5.48. The van der Waals surface area contributed by atoms with Crippen LogP contribution < -0.4 is 11.2 Å². The number of carboxylic acids is 1. The molecule has 25 heavy (non-hydrogen) atoms. The summed E-state index contributed by atoms with van der Waals surface area (Å²) >= 11 is 0.951. The van der Waals surface area contributed by atoms with Crippen LogP contribution in [0.5, 0.6) is 0 Å². The molecular weight excluding hydrogens is 340 g/mol. The third-order valence-electron chi connectivity index (χ3n) is 4.28. The van der Waals surface area contributed by atoms with Crippen molar-refractivity contribution < 1.29 is 9.90 Å². The molecule has 0 aliphatic heterocycles. The van der Waals surface area contributed by atoms with E-state index in [0.717, 1.165) is 30.6 Å². The van der Waals surface area contributed by atoms with Crippen molar-refractivity contribution in [3.05, 3.63) is 43.4 Å². The number of fused-ring (bicyclic) bond motifs is 1. The lowest BCUT2D eigenvalue weighted by Crippen LogP contribution is -2.38. The Morgan fingerprint density at radius 3 is 2.60 bits per heavy atom. The Kier molecular flexibility index (Phi) is 6.00. The third kappa shape index (κ3) is 4.28. The predicted molar refractivity (Wildman–Crippen MR) is 101 cm³/mol. The predicted octanol–water partition coefficient (Wildman–Crippen LogP) is 3.23. The van der Waals surface area contributed by atoms with Gasteiger partial charge in [0, 0.05) is 13.6 Å². The quantitative estimate of drug-likeness (QED) is 0.765. The minimum atomic E-state index is -1.09. The minimum absolute atomic E-state index is 0.0648. The molecule has 1 atom stereocenters. The number of allylic oxidation sites excluding steroid dienone is 2. The van der Waals surface area contributed by atoms with Gasteiger partial charge in [-0.1, -0.05) is 18.6 Å². The Morgan fingerprint density at radius 1 is 1.32 bits per heavy atom. The Balaban J connectivity index is 2.27. The second kappa shape index (κ2) is 7.82. The van der Waals surface area contributed by atoms with E-state index in [2.05, 4.69) is 26.8 Å². The van der Waals surface area contributed by atoms with Gasteiger partial charge in [-0.25, -0.2) is 9.59 Å². The fourth-order valence-corrected chi connectivity index (χ4v) is 3.68. The summed E-state index contributed by atoms with van der Waals surface area (Å²) in [5.74, 6) is -0.701. The number of carboxylic acid groups (broad SMARTS) is 1. The standard InChI is InChI=1S/C18H24N2O4S/c1-11(2)6-5-7-12(3)8-9-20-15(21)13-10-14(17(22)23)25-16(13)19(4)18(20)24/h6,10,12H,5,7-9H2,1-4H3,(H,22,23). The molecule has 0 bridgehead atoms. The fraction of sp³-hybridized carbons (Fsp3) is 0.500. The Hall–Kier alpha value is -2.15. The summed E-state index contributed by atoms with van der Waals surface area (Å²) in [6.07, 6.45) is 4.91. The van der Waals surface area contributed by atoms with E-state index in [9.17, 15) is 14.4 Å². The summed E-state index contributed by atoms with van der Waals surface area (Å²) in [6.45, 7) is 6.58. The molecule has 0 radical (unpaired) electrons. The van der Waals surface area contributed by atoms with E-state index >= 15 is 0 Å². The number of aromatic nitrogens is 2. The monoisotopic (exact) mass is 364 g/mol. The second-order valence-corrected chi connectivity index (χ2v) is 7.72. The second-order valence-electron chi connectivity index (χ2n) is 6.69. The fourth-order valence-electron chi connectivity index (χ4n) is 2.74. The van der Waals surface area contributed by atoms with Gasteiger partial charge in [0.25, 0.3) is 5.56 Å². The van der Waals surface area contributed by atoms with Crippen molar-refractivity contribution in [3.8, 4) is 0 Å². The van der Waals surface area contributed by atoms with Crippen LogP contribution in [0, 0.1) is 5.92 Å². The molecule has 6 nitrogen and oxygen atoms in total. The maximum atomic E-state index is 12.6. The molecule has 2 aromatic heterocycles. The van der Waals surface area contributed by atoms with Crippen LogP contribution in [-0.4, -0.2) is 20.2 Å². The molecule has 0 fully saturated rings. The zero-order valence-electron chi connectivity index (χ0n) is 15.0. The molecule has 0 spiro atoms. The van der Waals surface area contributed by atoms with Gasteiger partial charge in [0.15, 0.2) is 0 Å². The molecule has 2 heterocycles. The maximum Gasteiger partial charge on any atom is 0.345 e. The summed E-state index contributed by atoms with van der Waals surface area (Å²) in [6, 6.07) is 1.36. The topological polar surface area (TPSA) is 81.3 Å². The molecule has 0 amide bonds. The van der Waals surface area contributed by atoms with Crippen LogP contribution in [0.2, 0.25) is 0 Å². The average Bonchev–Trinajstić information content (AvgIpc) is 2.98. The van der Waals surface area contributed by atoms with Gasteiger partial charge >= 0.3 is 11.7 Å². The number of nitrogens with zero attached hydrogens (tertiary/aromatic N) is 2. The molecule has 0 aromatic carbocycles. The number of rotatable bonds is 7. The van der Waals surface area contributed by atoms with Gasteiger partial charge in [0.2, 0.25) is 0 Å². The number of hydrogen-bond acceptors (Lipinski definition) is 4. The Morgan fingerprint density at radius 2 is 2.00 bits per heavy atom. The van der Waals surface area contributed by atoms with E-state index in [1.807, 2.05) is 0 Å². The summed E-state index contributed by atoms with van der Waals surface area (Å²) in [5, 5.41) is 9.41. The smallest absolute Gasteiger partial charge is 0.345 e. The highest BCUT2D eigenvalue weighted by Crippen LogP contribution is 2.21. The van der Waals surface area contributed by atoms with Gasteiger partial charge in [0.1, 0.15) is 9.71 Å². The van der Waals surface area contributed by atoms with Crippen LogP contribution in [0.4, 0.5) is 0 Å². The highest BCUT2D eigenvalue weighted by molar-refractivity contribution is 7.20. The van der Waals surface area contributed by atoms with Crippen LogP contribution in [0.3, 0.4) is 0 Å². The van der Waals surface area contributed by atoms with Crippen molar-refractivity contribution in [3.63, 3.8) is 0 Å². The lowest BCUT2D eigenvalue weighted by molar-refractivity contribution is 0.0702. The van der Waals surface area contributed by atoms with Gasteiger partial charge in [-0.15, -0.1) is 11.3 Å². The van der Waals surface area contributed by atoms with Crippen molar-refractivity contribution in [2.24, 2.45) is 13.0 Å². The summed E-state index contributed by atoms with van der Waals surface area (Å²) in [7, 11) is 1.57. The summed E-state index contributed by atoms with van der Waals surface area (Å²) in [5.41, 5.74) is 0.487. The van der Waals surface area contributed by atoms with E-state index in [4.69, 9.17) is 5.11 Å². The van der Waals surface area contributed by atoms with E-state index < -0.39 is 17.2 Å². The first-order chi connectivity index (χ1) is 11.7. The lowest BCUT2D eigenvalue weighted by Gasteiger charge is -2.12. The number of thiophene rings is 1. The van der Waals surface area contributed by atoms with Crippen LogP contribution in [0.15, 0.2) is 27.3 Å². The normalized spacial score (nSPS) is 12.3. The highest BCUT2D eigenvalue weighted by atomic mass is 32.1. The summed E-state index contributed by atoms with van der Waals surface area (Å²) < 4.78 is 2.58. The zero-order chi connectivity index (χ0) is 18.7. The molecule has 0 aliphatic carbocycles. The zero-order valence-corrected chi connectivity index (χ0v) is 15.9. The number of aromatic carboxylic acids is 1. The van der Waals surface area contributed by atoms with Crippen molar-refractivity contribution in [1.29, 1.82) is 0 Å². The first-order valence-corrected chi connectivity index (χ1v) is 9.14. The molecule has 1 N–H and O–H groups in total. The molecular formula is C18H24N2O4S. The number of carbonyl (C=O) groups is 1. The molecule has 7 heteroatoms. The van der Waals surface area contributed by atoms with Gasteiger partial charge in [-0.05, 0) is 45.1 Å². The first-order valence-electron chi connectivity index (χ1n) is 8.32. The lowest BCUT2D eigenvalue weighted by atomic mass is 10.0. The maximum absolute atomic E-state index is 12.6. The largest absolute Gasteiger partial charge is 0.477 e. The Labute approximate surface area is 150 Å². The van der Waals surface area contributed by atoms with Crippen molar-refractivity contribution in [1.82, 2.24) is 9.13 Å². The van der Waals surface area contributed by atoms with Gasteiger partial charge in [-0.2, -0.15) is 0 Å². The van der Waals surface area contributed by atoms with Crippen LogP contribution in [-0.2, 0) is 13.6 Å². The molecule has 136 valence electrons. The molecule has 2 rings (SSSR count). The molecule has 2 aromatic rings. The minimum Gasteiger partial charge on any atom is -0.477 e. The van der Waals surface area contributed by atoms with E-state index in [1.165, 1.54) is 20.8 Å². The van der Waals surface area contributed by atoms with Crippen molar-refractivity contribution >= 4 is 27.5 Å². The van der Waals surface area contributed by atoms with E-state index in [-0.39, 0.29) is 4.88 Å². The van der Waals surface area contributed by atoms with Crippen LogP contribution in [0.1, 0.15) is 49.7 Å². The van der Waals surface area contributed by atoms with E-state index in [1.54, 1.807) is 7.05 Å². The van der Waals surface area contributed by atoms with Crippen molar-refractivity contribution in [2.45, 2.75) is 46.6 Å². The van der Waals surface area contributed by atoms with Gasteiger partial charge in [-0.3, -0.25) is 13.9 Å². The Bertz CT molecular complexity index is 929. The highest BCUT2D eigenvalue weighted by Gasteiger charge is 2.17. The molecule has 1 unspecified atom stereocenters. The SMILES string of the molecule is CC(C)=CCCC(C)CCn1c(=O)c2cc(C(=O)O)sc2n(C)c1=O. The number of aryl methyl sites for hydroxylation is 1. The van der Waals surface area contributed by atoms with Crippen molar-refractivity contribution in [2.75, 3.05) is 0 Å².